The van der Waals surface area contributed by atoms with Crippen molar-refractivity contribution < 1.29 is 82.5 Å². The van der Waals surface area contributed by atoms with E-state index < -0.39 is 79.2 Å². The molecule has 9 N–H and O–H groups in total. The molecule has 0 aliphatic heterocycles. The van der Waals surface area contributed by atoms with Crippen LogP contribution in [0.4, 0.5) is 13.2 Å². The lowest BCUT2D eigenvalue weighted by molar-refractivity contribution is -0.170. The van der Waals surface area contributed by atoms with Crippen molar-refractivity contribution in [3.05, 3.63) is 69.2 Å². The highest BCUT2D eigenvalue weighted by Gasteiger charge is 2.41. The number of nitrogens with zero attached hydrogens (tertiary/aromatic N) is 1. The van der Waals surface area contributed by atoms with E-state index in [9.17, 15) is 47.0 Å². The van der Waals surface area contributed by atoms with E-state index in [1.165, 1.54) is 30.3 Å². The summed E-state index contributed by atoms with van der Waals surface area (Å²) in [7, 11) is -2.17. The largest absolute Gasteiger partial charge is 0.631 e. The molecule has 51 heavy (non-hydrogen) atoms. The van der Waals surface area contributed by atoms with Crippen molar-refractivity contribution in [2.45, 2.75) is 63.8 Å². The number of rotatable bonds is 13. The number of hydrogen-bond donors (Lipinski definition) is 9. The van der Waals surface area contributed by atoms with Gasteiger partial charge in [-0.2, -0.15) is 13.2 Å². The molecule has 0 radical (unpaired) electrons. The Hall–Kier alpha value is -4.47. The molecule has 0 saturated heterocycles. The smallest absolute Gasteiger partial charge is 0.481 e. The summed E-state index contributed by atoms with van der Waals surface area (Å²) in [6.07, 6.45) is -6.85. The first-order chi connectivity index (χ1) is 23.3. The maximum Gasteiger partial charge on any atom is 0.631 e. The number of carbonyl (C=O) groups is 6. The lowest BCUT2D eigenvalue weighted by Gasteiger charge is -2.30. The number of carboxylic acids is 4. The molecule has 16 nitrogen and oxygen atoms in total. The molecule has 2 aromatic rings. The van der Waals surface area contributed by atoms with Gasteiger partial charge in [0.2, 0.25) is 5.91 Å². The first-order valence-electron chi connectivity index (χ1n) is 14.2. The molecule has 0 saturated carbocycles. The van der Waals surface area contributed by atoms with E-state index in [0.717, 1.165) is 17.1 Å². The van der Waals surface area contributed by atoms with Crippen molar-refractivity contribution in [1.29, 1.82) is 0 Å². The first kappa shape index (κ1) is 46.5. The van der Waals surface area contributed by atoms with Crippen molar-refractivity contribution in [2.24, 2.45) is 5.92 Å². The molecule has 282 valence electrons. The number of alkyl halides is 3. The average Bonchev–Trinajstić information content (AvgIpc) is 2.97. The van der Waals surface area contributed by atoms with E-state index in [2.05, 4.69) is 5.43 Å². The Morgan fingerprint density at radius 2 is 1.35 bits per heavy atom. The number of carbonyl (C=O) groups excluding carboxylic acids is 2. The van der Waals surface area contributed by atoms with E-state index in [0.29, 0.717) is 5.56 Å². The summed E-state index contributed by atoms with van der Waals surface area (Å²) in [5.41, 5.74) is -0.835. The minimum atomic E-state index is -4.47. The number of aliphatic hydroxyl groups is 1. The van der Waals surface area contributed by atoms with Crippen LogP contribution in [-0.2, 0) is 36.6 Å². The summed E-state index contributed by atoms with van der Waals surface area (Å²) in [5, 5.41) is 66.0. The number of hydrogen-bond acceptors (Lipinski definition) is 10. The van der Waals surface area contributed by atoms with Crippen molar-refractivity contribution in [3.63, 3.8) is 0 Å². The van der Waals surface area contributed by atoms with Gasteiger partial charge in [0.15, 0.2) is 11.6 Å². The fraction of sp³-hybridized carbons (Fsp3) is 0.379. The molecular weight excluding hydrogens is 739 g/mol. The van der Waals surface area contributed by atoms with Gasteiger partial charge in [-0.1, -0.05) is 49.2 Å². The molecule has 0 spiro atoms. The van der Waals surface area contributed by atoms with Crippen molar-refractivity contribution in [3.8, 4) is 0 Å². The zero-order valence-electron chi connectivity index (χ0n) is 26.7. The number of amides is 2. The molecule has 2 amide bonds. The minimum absolute atomic E-state index is 0.0205. The molecule has 22 heteroatoms. The lowest BCUT2D eigenvalue weighted by Crippen LogP contribution is -2.55. The molecule has 0 aliphatic rings. The zero-order chi connectivity index (χ0) is 39.9. The zero-order valence-corrected chi connectivity index (χ0v) is 28.2. The van der Waals surface area contributed by atoms with Crippen LogP contribution < -0.4 is 5.43 Å². The maximum atomic E-state index is 13.2. The van der Waals surface area contributed by atoms with E-state index in [-0.39, 0.29) is 40.8 Å². The van der Waals surface area contributed by atoms with Crippen LogP contribution in [-0.4, -0.2) is 100 Å². The topological polar surface area (TPSA) is 280 Å². The SMILES string of the molecule is CC(C)CC(C(=O)O)N(NC(=O)CCc1ccc(C(F)(F)F)cc1)C(=O)c1cc(Cl)ccc1Cl.O=C(O)CC(O)(CC(=O)O)C(=O)O.OB(O)O. The van der Waals surface area contributed by atoms with Crippen molar-refractivity contribution >= 4 is 66.2 Å². The molecule has 0 aliphatic carbocycles. The van der Waals surface area contributed by atoms with Gasteiger partial charge in [0.25, 0.3) is 5.91 Å². The van der Waals surface area contributed by atoms with Gasteiger partial charge in [0.1, 0.15) is 0 Å². The van der Waals surface area contributed by atoms with Gasteiger partial charge in [-0.25, -0.2) is 14.6 Å². The van der Waals surface area contributed by atoms with Crippen LogP contribution in [0.2, 0.25) is 10.0 Å². The molecule has 0 bridgehead atoms. The second-order valence-corrected chi connectivity index (χ2v) is 11.7. The quantitative estimate of drug-likeness (QED) is 0.104. The standard InChI is InChI=1S/C23H23Cl2F3N2O4.C6H8O7.BH3O3/c1-13(2)11-19(22(33)34)30(21(32)17-12-16(24)8-9-18(17)25)29-20(31)10-5-14-3-6-15(7-4-14)23(26,27)28;7-3(8)1-6(13,5(11)12)2-4(9)10;2-1(3)4/h3-4,6-9,12-13,19H,5,10-11H2,1-2H3,(H,29,31)(H,33,34);13H,1-2H2,(H,7,8)(H,9,10)(H,11,12);2-4H. The van der Waals surface area contributed by atoms with E-state index in [1.54, 1.807) is 13.8 Å². The van der Waals surface area contributed by atoms with Crippen molar-refractivity contribution in [2.75, 3.05) is 0 Å². The molecule has 2 rings (SSSR count). The number of aryl methyl sites for hydroxylation is 1. The van der Waals surface area contributed by atoms with Gasteiger partial charge < -0.3 is 40.6 Å². The first-order valence-corrected chi connectivity index (χ1v) is 15.0. The van der Waals surface area contributed by atoms with Crippen LogP contribution >= 0.6 is 23.2 Å². The van der Waals surface area contributed by atoms with E-state index in [1.807, 2.05) is 0 Å². The summed E-state index contributed by atoms with van der Waals surface area (Å²) in [6, 6.07) is 7.03. The Morgan fingerprint density at radius 1 is 0.863 bits per heavy atom. The van der Waals surface area contributed by atoms with Gasteiger partial charge in [0, 0.05) is 11.4 Å². The maximum absolute atomic E-state index is 13.2. The number of nitrogens with one attached hydrogen (secondary N) is 1. The van der Waals surface area contributed by atoms with Crippen LogP contribution in [0, 0.1) is 5.92 Å². The Labute approximate surface area is 297 Å². The van der Waals surface area contributed by atoms with Crippen LogP contribution in [0.15, 0.2) is 42.5 Å². The van der Waals surface area contributed by atoms with Crippen molar-refractivity contribution in [1.82, 2.24) is 10.4 Å². The monoisotopic (exact) mass is 772 g/mol. The lowest BCUT2D eigenvalue weighted by atomic mass is 9.96. The van der Waals surface area contributed by atoms with Crippen LogP contribution in [0.3, 0.4) is 0 Å². The Bertz CT molecular complexity index is 1510. The molecule has 0 aromatic heterocycles. The normalized spacial score (nSPS) is 11.5. The van der Waals surface area contributed by atoms with Gasteiger partial charge >= 0.3 is 37.4 Å². The second kappa shape index (κ2) is 21.0. The van der Waals surface area contributed by atoms with Crippen LogP contribution in [0.25, 0.3) is 0 Å². The highest BCUT2D eigenvalue weighted by atomic mass is 35.5. The third-order valence-corrected chi connectivity index (χ3v) is 6.69. The minimum Gasteiger partial charge on any atom is -0.481 e. The Balaban J connectivity index is 0.00000122. The van der Waals surface area contributed by atoms with E-state index in [4.69, 9.17) is 58.7 Å². The van der Waals surface area contributed by atoms with Gasteiger partial charge in [0.05, 0.1) is 29.0 Å². The fourth-order valence-corrected chi connectivity index (χ4v) is 4.22. The highest BCUT2D eigenvalue weighted by Crippen LogP contribution is 2.29. The number of carboxylic acid groups (broad SMARTS) is 4. The molecule has 1 atom stereocenters. The second-order valence-electron chi connectivity index (χ2n) is 10.8. The molecule has 0 heterocycles. The molecule has 2 aromatic carbocycles. The third-order valence-electron chi connectivity index (χ3n) is 6.12. The molecular formula is C29H34BCl2F3N2O14. The third kappa shape index (κ3) is 17.8. The Kier molecular flexibility index (Phi) is 19.2. The van der Waals surface area contributed by atoms with E-state index >= 15 is 0 Å². The fourth-order valence-electron chi connectivity index (χ4n) is 3.85. The predicted molar refractivity (Wildman–Crippen MR) is 171 cm³/mol. The predicted octanol–water partition coefficient (Wildman–Crippen LogP) is 2.32. The summed E-state index contributed by atoms with van der Waals surface area (Å²) < 4.78 is 38.1. The van der Waals surface area contributed by atoms with Crippen LogP contribution in [0.1, 0.15) is 61.0 Å². The summed E-state index contributed by atoms with van der Waals surface area (Å²) in [6.45, 7) is 3.52. The van der Waals surface area contributed by atoms with Gasteiger partial charge in [-0.3, -0.25) is 24.6 Å². The Morgan fingerprint density at radius 3 is 1.75 bits per heavy atom. The van der Waals surface area contributed by atoms with Gasteiger partial charge in [-0.15, -0.1) is 0 Å². The van der Waals surface area contributed by atoms with Crippen LogP contribution in [0.5, 0.6) is 0 Å². The molecule has 1 unspecified atom stereocenters. The average molecular weight is 773 g/mol. The number of halogens is 5. The summed E-state index contributed by atoms with van der Waals surface area (Å²) >= 11 is 12.1. The summed E-state index contributed by atoms with van der Waals surface area (Å²) in [5.74, 6) is -8.03. The highest BCUT2D eigenvalue weighted by molar-refractivity contribution is 6.35. The summed E-state index contributed by atoms with van der Waals surface area (Å²) in [4.78, 5) is 68.2. The molecule has 0 fully saturated rings. The number of hydrazine groups is 1. The van der Waals surface area contributed by atoms with Gasteiger partial charge in [-0.05, 0) is 54.7 Å². The number of aliphatic carboxylic acids is 4. The number of benzene rings is 2.